The van der Waals surface area contributed by atoms with Crippen LogP contribution < -0.4 is 15.5 Å². The molecule has 9 heteroatoms. The van der Waals surface area contributed by atoms with Gasteiger partial charge in [0.25, 0.3) is 5.91 Å². The third kappa shape index (κ3) is 3.99. The van der Waals surface area contributed by atoms with Crippen LogP contribution in [0.4, 0.5) is 4.79 Å². The lowest BCUT2D eigenvalue weighted by Gasteiger charge is -2.22. The van der Waals surface area contributed by atoms with E-state index < -0.39 is 23.4 Å². The Kier molecular flexibility index (Phi) is 5.75. The highest BCUT2D eigenvalue weighted by atomic mass is 32.2. The molecule has 1 atom stereocenters. The smallest absolute Gasteiger partial charge is 0.344 e. The van der Waals surface area contributed by atoms with Crippen LogP contribution in [0.25, 0.3) is 10.9 Å². The Bertz CT molecular complexity index is 1220. The largest absolute Gasteiger partial charge is 0.497 e. The molecule has 4 rings (SSSR count). The van der Waals surface area contributed by atoms with Crippen molar-refractivity contribution in [3.8, 4) is 5.75 Å². The van der Waals surface area contributed by atoms with Crippen molar-refractivity contribution in [3.05, 3.63) is 65.7 Å². The van der Waals surface area contributed by atoms with E-state index in [0.29, 0.717) is 16.3 Å². The molecule has 1 aliphatic rings. The first-order valence-corrected chi connectivity index (χ1v) is 10.9. The predicted octanol–water partition coefficient (Wildman–Crippen LogP) is 3.14. The maximum Gasteiger partial charge on any atom is 0.344 e. The number of aryl methyl sites for hydroxylation is 1. The highest BCUT2D eigenvalue weighted by Gasteiger charge is 2.49. The van der Waals surface area contributed by atoms with Gasteiger partial charge in [0.1, 0.15) is 11.3 Å². The fourth-order valence-corrected chi connectivity index (χ4v) is 4.32. The van der Waals surface area contributed by atoms with Crippen molar-refractivity contribution in [1.82, 2.24) is 20.7 Å². The van der Waals surface area contributed by atoms with E-state index in [4.69, 9.17) is 4.74 Å². The van der Waals surface area contributed by atoms with E-state index in [1.807, 2.05) is 37.3 Å². The van der Waals surface area contributed by atoms with Gasteiger partial charge >= 0.3 is 6.03 Å². The fourth-order valence-electron chi connectivity index (χ4n) is 3.56. The second-order valence-electron chi connectivity index (χ2n) is 7.55. The standard InChI is InChI=1S/C23H22N4O4S/c1-14-11-20(24-18-12-16(31-3)9-10-17(14)18)32-13-19(28)26-27-21(29)23(2,25-22(27)30)15-7-5-4-6-8-15/h4-12H,13H2,1-3H3,(H,25,30)(H,26,28)/t23-/m0/s1. The molecule has 8 nitrogen and oxygen atoms in total. The Morgan fingerprint density at radius 1 is 1.19 bits per heavy atom. The maximum atomic E-state index is 12.9. The number of urea groups is 1. The molecule has 0 unspecified atom stereocenters. The van der Waals surface area contributed by atoms with Crippen LogP contribution in [0.5, 0.6) is 5.75 Å². The van der Waals surface area contributed by atoms with Crippen LogP contribution in [0.15, 0.2) is 59.6 Å². The van der Waals surface area contributed by atoms with Crippen LogP contribution in [0.3, 0.4) is 0 Å². The molecule has 2 N–H and O–H groups in total. The lowest BCUT2D eigenvalue weighted by Crippen LogP contribution is -2.48. The molecule has 0 bridgehead atoms. The SMILES string of the molecule is COc1ccc2c(C)cc(SCC(=O)NN3C(=O)N[C@@](C)(c4ccccc4)C3=O)nc2c1. The van der Waals surface area contributed by atoms with Gasteiger partial charge in [0.05, 0.1) is 23.4 Å². The summed E-state index contributed by atoms with van der Waals surface area (Å²) in [5.41, 5.74) is 3.59. The zero-order valence-electron chi connectivity index (χ0n) is 17.8. The number of carbonyl (C=O) groups excluding carboxylic acids is 3. The van der Waals surface area contributed by atoms with Crippen molar-refractivity contribution >= 4 is 40.5 Å². The topological polar surface area (TPSA) is 101 Å². The summed E-state index contributed by atoms with van der Waals surface area (Å²) in [6.45, 7) is 3.58. The average Bonchev–Trinajstić information content (AvgIpc) is 3.01. The molecular formula is C23H22N4O4S. The number of hydrogen-bond donors (Lipinski definition) is 2. The number of nitrogens with zero attached hydrogens (tertiary/aromatic N) is 2. The zero-order chi connectivity index (χ0) is 22.9. The Hall–Kier alpha value is -3.59. The summed E-state index contributed by atoms with van der Waals surface area (Å²) in [6, 6.07) is 15.8. The van der Waals surface area contributed by atoms with Crippen molar-refractivity contribution in [3.63, 3.8) is 0 Å². The number of thioether (sulfide) groups is 1. The monoisotopic (exact) mass is 450 g/mol. The Morgan fingerprint density at radius 2 is 1.94 bits per heavy atom. The number of nitrogens with one attached hydrogen (secondary N) is 2. The molecule has 1 aliphatic heterocycles. The highest BCUT2D eigenvalue weighted by Crippen LogP contribution is 2.28. The quantitative estimate of drug-likeness (QED) is 0.442. The third-order valence-corrected chi connectivity index (χ3v) is 6.24. The van der Waals surface area contributed by atoms with E-state index in [2.05, 4.69) is 15.7 Å². The number of carbonyl (C=O) groups is 3. The number of benzene rings is 2. The summed E-state index contributed by atoms with van der Waals surface area (Å²) in [7, 11) is 1.59. The van der Waals surface area contributed by atoms with E-state index in [0.717, 1.165) is 21.5 Å². The minimum Gasteiger partial charge on any atom is -0.497 e. The summed E-state index contributed by atoms with van der Waals surface area (Å²) >= 11 is 1.22. The number of rotatable bonds is 6. The predicted molar refractivity (Wildman–Crippen MR) is 121 cm³/mol. The highest BCUT2D eigenvalue weighted by molar-refractivity contribution is 7.99. The minimum absolute atomic E-state index is 0.0129. The van der Waals surface area contributed by atoms with Gasteiger partial charge in [0.2, 0.25) is 5.91 Å². The molecule has 0 radical (unpaired) electrons. The molecule has 0 saturated carbocycles. The van der Waals surface area contributed by atoms with Crippen LogP contribution in [0, 0.1) is 6.92 Å². The van der Waals surface area contributed by atoms with Gasteiger partial charge in [-0.05, 0) is 43.2 Å². The molecule has 2 heterocycles. The first-order chi connectivity index (χ1) is 15.3. The Morgan fingerprint density at radius 3 is 2.66 bits per heavy atom. The van der Waals surface area contributed by atoms with Gasteiger partial charge in [-0.3, -0.25) is 15.0 Å². The molecule has 32 heavy (non-hydrogen) atoms. The zero-order valence-corrected chi connectivity index (χ0v) is 18.7. The minimum atomic E-state index is -1.24. The van der Waals surface area contributed by atoms with E-state index in [1.54, 1.807) is 38.3 Å². The molecule has 164 valence electrons. The first-order valence-electron chi connectivity index (χ1n) is 9.92. The molecule has 1 saturated heterocycles. The van der Waals surface area contributed by atoms with Crippen LogP contribution >= 0.6 is 11.8 Å². The molecule has 0 spiro atoms. The van der Waals surface area contributed by atoms with Crippen LogP contribution in [-0.4, -0.2) is 40.7 Å². The number of fused-ring (bicyclic) bond motifs is 1. The number of imide groups is 1. The Labute approximate surface area is 189 Å². The number of ether oxygens (including phenoxy) is 1. The van der Waals surface area contributed by atoms with Gasteiger partial charge in [0, 0.05) is 11.5 Å². The van der Waals surface area contributed by atoms with E-state index in [-0.39, 0.29) is 5.75 Å². The van der Waals surface area contributed by atoms with Crippen LogP contribution in [0.1, 0.15) is 18.1 Å². The lowest BCUT2D eigenvalue weighted by molar-refractivity contribution is -0.138. The lowest BCUT2D eigenvalue weighted by atomic mass is 9.92. The molecule has 2 aromatic carbocycles. The average molecular weight is 451 g/mol. The molecular weight excluding hydrogens is 428 g/mol. The van der Waals surface area contributed by atoms with Gasteiger partial charge in [-0.25, -0.2) is 9.78 Å². The van der Waals surface area contributed by atoms with Gasteiger partial charge in [0.15, 0.2) is 0 Å². The van der Waals surface area contributed by atoms with Crippen LogP contribution in [-0.2, 0) is 15.1 Å². The van der Waals surface area contributed by atoms with Crippen molar-refractivity contribution in [2.45, 2.75) is 24.4 Å². The number of hydrogen-bond acceptors (Lipinski definition) is 6. The number of amides is 4. The summed E-state index contributed by atoms with van der Waals surface area (Å²) in [5.74, 6) is -0.342. The number of pyridine rings is 1. The molecule has 1 fully saturated rings. The number of methoxy groups -OCH3 is 1. The first kappa shape index (κ1) is 21.6. The van der Waals surface area contributed by atoms with Crippen molar-refractivity contribution in [2.75, 3.05) is 12.9 Å². The van der Waals surface area contributed by atoms with Gasteiger partial charge in [-0.15, -0.1) is 0 Å². The Balaban J connectivity index is 1.44. The van der Waals surface area contributed by atoms with Crippen molar-refractivity contribution in [2.24, 2.45) is 0 Å². The molecule has 3 aromatic rings. The molecule has 0 aliphatic carbocycles. The molecule has 4 amide bonds. The van der Waals surface area contributed by atoms with Gasteiger partial charge < -0.3 is 10.1 Å². The van der Waals surface area contributed by atoms with E-state index in [9.17, 15) is 14.4 Å². The van der Waals surface area contributed by atoms with Crippen molar-refractivity contribution < 1.29 is 19.1 Å². The van der Waals surface area contributed by atoms with Gasteiger partial charge in [-0.1, -0.05) is 42.1 Å². The summed E-state index contributed by atoms with van der Waals surface area (Å²) in [5, 5.41) is 5.05. The molecule has 1 aromatic heterocycles. The third-order valence-electron chi connectivity index (χ3n) is 5.33. The summed E-state index contributed by atoms with van der Waals surface area (Å²) in [6.07, 6.45) is 0. The van der Waals surface area contributed by atoms with Crippen molar-refractivity contribution in [1.29, 1.82) is 0 Å². The fraction of sp³-hybridized carbons (Fsp3) is 0.217. The normalized spacial score (nSPS) is 18.0. The maximum absolute atomic E-state index is 12.9. The second kappa shape index (κ2) is 8.51. The summed E-state index contributed by atoms with van der Waals surface area (Å²) < 4.78 is 5.26. The second-order valence-corrected chi connectivity index (χ2v) is 8.54. The van der Waals surface area contributed by atoms with Gasteiger partial charge in [-0.2, -0.15) is 5.01 Å². The number of aromatic nitrogens is 1. The number of hydrazine groups is 1. The van der Waals surface area contributed by atoms with Crippen LogP contribution in [0.2, 0.25) is 0 Å². The van der Waals surface area contributed by atoms with E-state index in [1.165, 1.54) is 11.8 Å². The summed E-state index contributed by atoms with van der Waals surface area (Å²) in [4.78, 5) is 42.4. The van der Waals surface area contributed by atoms with E-state index >= 15 is 0 Å².